The van der Waals surface area contributed by atoms with Crippen molar-refractivity contribution in [2.24, 2.45) is 0 Å². The SMILES string of the molecule is CCCCCCCCCCCCNCC(=O)NC(C)C(=O)O. The summed E-state index contributed by atoms with van der Waals surface area (Å²) in [5.41, 5.74) is 0. The predicted octanol–water partition coefficient (Wildman–Crippen LogP) is 3.09. The second kappa shape index (κ2) is 14.8. The van der Waals surface area contributed by atoms with Crippen LogP contribution in [-0.2, 0) is 9.59 Å². The highest BCUT2D eigenvalue weighted by Gasteiger charge is 2.12. The van der Waals surface area contributed by atoms with Gasteiger partial charge in [0.25, 0.3) is 0 Å². The molecule has 0 fully saturated rings. The van der Waals surface area contributed by atoms with E-state index in [1.54, 1.807) is 0 Å². The summed E-state index contributed by atoms with van der Waals surface area (Å²) in [5, 5.41) is 14.1. The van der Waals surface area contributed by atoms with Crippen molar-refractivity contribution in [1.29, 1.82) is 0 Å². The Kier molecular flexibility index (Phi) is 14.1. The minimum absolute atomic E-state index is 0.190. The molecule has 0 saturated heterocycles. The fourth-order valence-corrected chi connectivity index (χ4v) is 2.29. The lowest BCUT2D eigenvalue weighted by molar-refractivity contribution is -0.141. The maximum atomic E-state index is 11.4. The van der Waals surface area contributed by atoms with Crippen LogP contribution >= 0.6 is 0 Å². The van der Waals surface area contributed by atoms with Crippen LogP contribution in [-0.4, -0.2) is 36.1 Å². The lowest BCUT2D eigenvalue weighted by Crippen LogP contribution is -2.42. The summed E-state index contributed by atoms with van der Waals surface area (Å²) >= 11 is 0. The highest BCUT2D eigenvalue weighted by atomic mass is 16.4. The van der Waals surface area contributed by atoms with E-state index in [0.29, 0.717) is 0 Å². The number of carboxylic acids is 1. The number of carbonyl (C=O) groups excluding carboxylic acids is 1. The second-order valence-electron chi connectivity index (χ2n) is 5.99. The zero-order chi connectivity index (χ0) is 16.6. The Morgan fingerprint density at radius 1 is 0.909 bits per heavy atom. The fourth-order valence-electron chi connectivity index (χ4n) is 2.29. The molecule has 0 heterocycles. The minimum atomic E-state index is -1.01. The number of amides is 1. The molecule has 0 rings (SSSR count). The van der Waals surface area contributed by atoms with E-state index in [-0.39, 0.29) is 12.5 Å². The third-order valence-electron chi connectivity index (χ3n) is 3.74. The van der Waals surface area contributed by atoms with Crippen molar-refractivity contribution in [2.45, 2.75) is 84.1 Å². The van der Waals surface area contributed by atoms with Crippen molar-refractivity contribution in [3.05, 3.63) is 0 Å². The molecular formula is C17H34N2O3. The first-order valence-corrected chi connectivity index (χ1v) is 8.80. The molecule has 22 heavy (non-hydrogen) atoms. The molecule has 0 saturated carbocycles. The summed E-state index contributed by atoms with van der Waals surface area (Å²) < 4.78 is 0. The summed E-state index contributed by atoms with van der Waals surface area (Å²) in [7, 11) is 0. The van der Waals surface area contributed by atoms with Gasteiger partial charge in [-0.3, -0.25) is 9.59 Å². The number of carbonyl (C=O) groups is 2. The van der Waals surface area contributed by atoms with Gasteiger partial charge in [0.2, 0.25) is 5.91 Å². The van der Waals surface area contributed by atoms with Crippen molar-refractivity contribution in [3.63, 3.8) is 0 Å². The minimum Gasteiger partial charge on any atom is -0.480 e. The largest absolute Gasteiger partial charge is 0.480 e. The number of unbranched alkanes of at least 4 members (excludes halogenated alkanes) is 9. The van der Waals surface area contributed by atoms with E-state index in [1.165, 1.54) is 64.7 Å². The Morgan fingerprint density at radius 2 is 1.41 bits per heavy atom. The fraction of sp³-hybridized carbons (Fsp3) is 0.882. The first-order valence-electron chi connectivity index (χ1n) is 8.80. The Balaban J connectivity index is 3.23. The van der Waals surface area contributed by atoms with Gasteiger partial charge in [-0.05, 0) is 19.9 Å². The highest BCUT2D eigenvalue weighted by molar-refractivity contribution is 5.84. The molecule has 0 aliphatic heterocycles. The topological polar surface area (TPSA) is 78.4 Å². The van der Waals surface area contributed by atoms with Crippen molar-refractivity contribution in [3.8, 4) is 0 Å². The lowest BCUT2D eigenvalue weighted by atomic mass is 10.1. The van der Waals surface area contributed by atoms with Crippen LogP contribution in [0.2, 0.25) is 0 Å². The molecule has 0 aromatic heterocycles. The molecule has 0 radical (unpaired) electrons. The standard InChI is InChI=1S/C17H34N2O3/c1-3-4-5-6-7-8-9-10-11-12-13-18-14-16(20)19-15(2)17(21)22/h15,18H,3-14H2,1-2H3,(H,19,20)(H,21,22). The van der Waals surface area contributed by atoms with Crippen LogP contribution in [0.25, 0.3) is 0 Å². The Labute approximate surface area is 135 Å². The Morgan fingerprint density at radius 3 is 1.91 bits per heavy atom. The van der Waals surface area contributed by atoms with Gasteiger partial charge in [0, 0.05) is 0 Å². The molecule has 1 atom stereocenters. The van der Waals surface area contributed by atoms with E-state index in [9.17, 15) is 9.59 Å². The Hall–Kier alpha value is -1.10. The third kappa shape index (κ3) is 13.9. The number of hydrogen-bond acceptors (Lipinski definition) is 3. The molecule has 0 aliphatic carbocycles. The van der Waals surface area contributed by atoms with Crippen LogP contribution in [0.3, 0.4) is 0 Å². The number of carboxylic acid groups (broad SMARTS) is 1. The van der Waals surface area contributed by atoms with Gasteiger partial charge in [-0.25, -0.2) is 0 Å². The van der Waals surface area contributed by atoms with Gasteiger partial charge >= 0.3 is 5.97 Å². The van der Waals surface area contributed by atoms with Gasteiger partial charge in [0.15, 0.2) is 0 Å². The molecule has 0 spiro atoms. The van der Waals surface area contributed by atoms with E-state index in [1.807, 2.05) is 0 Å². The lowest BCUT2D eigenvalue weighted by Gasteiger charge is -2.09. The van der Waals surface area contributed by atoms with E-state index >= 15 is 0 Å². The first-order chi connectivity index (χ1) is 10.6. The van der Waals surface area contributed by atoms with Gasteiger partial charge in [0.1, 0.15) is 6.04 Å². The number of aliphatic carboxylic acids is 1. The van der Waals surface area contributed by atoms with Crippen LogP contribution < -0.4 is 10.6 Å². The molecule has 0 aliphatic rings. The molecule has 1 unspecified atom stereocenters. The third-order valence-corrected chi connectivity index (χ3v) is 3.74. The predicted molar refractivity (Wildman–Crippen MR) is 90.0 cm³/mol. The molecule has 3 N–H and O–H groups in total. The van der Waals surface area contributed by atoms with E-state index in [2.05, 4.69) is 17.6 Å². The normalized spacial score (nSPS) is 12.1. The number of nitrogens with one attached hydrogen (secondary N) is 2. The number of rotatable bonds is 15. The molecule has 0 bridgehead atoms. The maximum Gasteiger partial charge on any atom is 0.325 e. The summed E-state index contributed by atoms with van der Waals surface area (Å²) in [4.78, 5) is 22.0. The van der Waals surface area contributed by atoms with Gasteiger partial charge in [-0.1, -0.05) is 64.7 Å². The molecule has 0 aromatic rings. The van der Waals surface area contributed by atoms with Crippen LogP contribution in [0.5, 0.6) is 0 Å². The number of hydrogen-bond donors (Lipinski definition) is 3. The monoisotopic (exact) mass is 314 g/mol. The van der Waals surface area contributed by atoms with Crippen molar-refractivity contribution >= 4 is 11.9 Å². The van der Waals surface area contributed by atoms with Crippen molar-refractivity contribution in [1.82, 2.24) is 10.6 Å². The van der Waals surface area contributed by atoms with Crippen molar-refractivity contribution in [2.75, 3.05) is 13.1 Å². The molecular weight excluding hydrogens is 280 g/mol. The van der Waals surface area contributed by atoms with Gasteiger partial charge in [-0.15, -0.1) is 0 Å². The van der Waals surface area contributed by atoms with Gasteiger partial charge < -0.3 is 15.7 Å². The van der Waals surface area contributed by atoms with E-state index in [4.69, 9.17) is 5.11 Å². The smallest absolute Gasteiger partial charge is 0.325 e. The van der Waals surface area contributed by atoms with Crippen LogP contribution in [0.15, 0.2) is 0 Å². The van der Waals surface area contributed by atoms with Gasteiger partial charge in [0.05, 0.1) is 6.54 Å². The van der Waals surface area contributed by atoms with Crippen molar-refractivity contribution < 1.29 is 14.7 Å². The summed E-state index contributed by atoms with van der Waals surface area (Å²) in [6, 6.07) is -0.827. The highest BCUT2D eigenvalue weighted by Crippen LogP contribution is 2.10. The van der Waals surface area contributed by atoms with Crippen LogP contribution in [0.4, 0.5) is 0 Å². The Bertz CT molecular complexity index is 296. The molecule has 1 amide bonds. The van der Waals surface area contributed by atoms with Gasteiger partial charge in [-0.2, -0.15) is 0 Å². The summed E-state index contributed by atoms with van der Waals surface area (Å²) in [6.07, 6.45) is 13.0. The second-order valence-corrected chi connectivity index (χ2v) is 5.99. The maximum absolute atomic E-state index is 11.4. The van der Waals surface area contributed by atoms with Crippen LogP contribution in [0, 0.1) is 0 Å². The van der Waals surface area contributed by atoms with E-state index < -0.39 is 12.0 Å². The molecule has 5 heteroatoms. The summed E-state index contributed by atoms with van der Waals surface area (Å²) in [5.74, 6) is -1.27. The van der Waals surface area contributed by atoms with E-state index in [0.717, 1.165) is 13.0 Å². The van der Waals surface area contributed by atoms with Crippen LogP contribution in [0.1, 0.15) is 78.1 Å². The first kappa shape index (κ1) is 20.9. The summed E-state index contributed by atoms with van der Waals surface area (Å²) in [6.45, 7) is 4.70. The molecule has 5 nitrogen and oxygen atoms in total. The average Bonchev–Trinajstić information content (AvgIpc) is 2.48. The average molecular weight is 314 g/mol. The quantitative estimate of drug-likeness (QED) is 0.406. The zero-order valence-corrected chi connectivity index (χ0v) is 14.3. The zero-order valence-electron chi connectivity index (χ0n) is 14.3. The molecule has 0 aromatic carbocycles. The molecule has 130 valence electrons.